The third-order valence-corrected chi connectivity index (χ3v) is 3.52. The highest BCUT2D eigenvalue weighted by atomic mass is 16.4. The number of aldehydes is 1. The van der Waals surface area contributed by atoms with Gasteiger partial charge in [0.25, 0.3) is 0 Å². The molecule has 2 rings (SSSR count). The summed E-state index contributed by atoms with van der Waals surface area (Å²) in [6, 6.07) is -0.952. The molecule has 6 nitrogen and oxygen atoms in total. The lowest BCUT2D eigenvalue weighted by atomic mass is 10.1. The topological polar surface area (TPSA) is 77.9 Å². The molecule has 0 aromatic heterocycles. The predicted octanol–water partition coefficient (Wildman–Crippen LogP) is 0.319. The number of carboxylic acid groups (broad SMARTS) is 1. The van der Waals surface area contributed by atoms with Gasteiger partial charge in [0.05, 0.1) is 6.04 Å². The van der Waals surface area contributed by atoms with Crippen molar-refractivity contribution < 1.29 is 19.5 Å². The SMILES string of the molecule is O=C[C@@H]1CCCN1C(=O)[C@@H]1CCCN1C(=O)O. The van der Waals surface area contributed by atoms with E-state index < -0.39 is 12.1 Å². The number of likely N-dealkylation sites (tertiary alicyclic amines) is 2. The van der Waals surface area contributed by atoms with Crippen LogP contribution in [0.3, 0.4) is 0 Å². The molecule has 0 spiro atoms. The van der Waals surface area contributed by atoms with E-state index >= 15 is 0 Å². The van der Waals surface area contributed by atoms with E-state index in [2.05, 4.69) is 0 Å². The Morgan fingerprint density at radius 2 is 1.76 bits per heavy atom. The van der Waals surface area contributed by atoms with E-state index in [-0.39, 0.29) is 11.9 Å². The minimum atomic E-state index is -1.05. The van der Waals surface area contributed by atoms with Gasteiger partial charge in [-0.25, -0.2) is 4.79 Å². The highest BCUT2D eigenvalue weighted by Crippen LogP contribution is 2.23. The zero-order valence-electron chi connectivity index (χ0n) is 9.54. The lowest BCUT2D eigenvalue weighted by molar-refractivity contribution is -0.138. The number of hydrogen-bond donors (Lipinski definition) is 1. The van der Waals surface area contributed by atoms with E-state index in [1.807, 2.05) is 0 Å². The Kier molecular flexibility index (Phi) is 3.31. The zero-order valence-corrected chi connectivity index (χ0v) is 9.54. The molecule has 2 aliphatic rings. The van der Waals surface area contributed by atoms with Gasteiger partial charge in [0, 0.05) is 13.1 Å². The highest BCUT2D eigenvalue weighted by molar-refractivity contribution is 5.88. The van der Waals surface area contributed by atoms with E-state index in [0.717, 1.165) is 12.7 Å². The van der Waals surface area contributed by atoms with Crippen molar-refractivity contribution in [3.8, 4) is 0 Å². The summed E-state index contributed by atoms with van der Waals surface area (Å²) in [5, 5.41) is 8.98. The van der Waals surface area contributed by atoms with Crippen molar-refractivity contribution in [2.24, 2.45) is 0 Å². The van der Waals surface area contributed by atoms with Crippen molar-refractivity contribution in [3.05, 3.63) is 0 Å². The van der Waals surface area contributed by atoms with Crippen LogP contribution in [0.15, 0.2) is 0 Å². The molecule has 2 heterocycles. The molecule has 2 fully saturated rings. The predicted molar refractivity (Wildman–Crippen MR) is 58.6 cm³/mol. The monoisotopic (exact) mass is 240 g/mol. The molecule has 0 aromatic carbocycles. The van der Waals surface area contributed by atoms with Crippen molar-refractivity contribution in [1.82, 2.24) is 9.80 Å². The smallest absolute Gasteiger partial charge is 0.407 e. The minimum absolute atomic E-state index is 0.209. The van der Waals surface area contributed by atoms with Gasteiger partial charge in [-0.1, -0.05) is 0 Å². The fourth-order valence-electron chi connectivity index (χ4n) is 2.65. The summed E-state index contributed by atoms with van der Waals surface area (Å²) >= 11 is 0. The Bertz CT molecular complexity index is 344. The lowest BCUT2D eigenvalue weighted by Crippen LogP contribution is -2.49. The van der Waals surface area contributed by atoms with Crippen molar-refractivity contribution in [3.63, 3.8) is 0 Å². The summed E-state index contributed by atoms with van der Waals surface area (Å²) < 4.78 is 0. The summed E-state index contributed by atoms with van der Waals surface area (Å²) in [5.41, 5.74) is 0. The van der Waals surface area contributed by atoms with Crippen LogP contribution in [0.2, 0.25) is 0 Å². The van der Waals surface area contributed by atoms with Crippen LogP contribution in [0.25, 0.3) is 0 Å². The molecule has 0 radical (unpaired) electrons. The molecule has 1 N–H and O–H groups in total. The van der Waals surface area contributed by atoms with Gasteiger partial charge in [-0.05, 0) is 25.7 Å². The summed E-state index contributed by atoms with van der Waals surface area (Å²) in [4.78, 5) is 36.7. The second kappa shape index (κ2) is 4.73. The van der Waals surface area contributed by atoms with Crippen LogP contribution in [-0.2, 0) is 9.59 Å². The fraction of sp³-hybridized carbons (Fsp3) is 0.727. The first kappa shape index (κ1) is 11.9. The van der Waals surface area contributed by atoms with E-state index in [4.69, 9.17) is 5.11 Å². The van der Waals surface area contributed by atoms with Crippen LogP contribution < -0.4 is 0 Å². The van der Waals surface area contributed by atoms with Gasteiger partial charge in [0.15, 0.2) is 0 Å². The van der Waals surface area contributed by atoms with Gasteiger partial charge in [0.2, 0.25) is 5.91 Å². The number of nitrogens with zero attached hydrogens (tertiary/aromatic N) is 2. The van der Waals surface area contributed by atoms with Gasteiger partial charge in [-0.3, -0.25) is 9.69 Å². The van der Waals surface area contributed by atoms with E-state index in [1.165, 1.54) is 9.80 Å². The molecule has 0 aliphatic carbocycles. The van der Waals surface area contributed by atoms with Gasteiger partial charge >= 0.3 is 6.09 Å². The number of hydrogen-bond acceptors (Lipinski definition) is 3. The quantitative estimate of drug-likeness (QED) is 0.705. The Hall–Kier alpha value is -1.59. The average molecular weight is 240 g/mol. The molecular weight excluding hydrogens is 224 g/mol. The Morgan fingerprint density at radius 1 is 1.12 bits per heavy atom. The van der Waals surface area contributed by atoms with Crippen molar-refractivity contribution >= 4 is 18.3 Å². The highest BCUT2D eigenvalue weighted by Gasteiger charge is 2.39. The molecule has 2 amide bonds. The van der Waals surface area contributed by atoms with Crippen molar-refractivity contribution in [1.29, 1.82) is 0 Å². The molecule has 0 aromatic rings. The molecule has 17 heavy (non-hydrogen) atoms. The summed E-state index contributed by atoms with van der Waals surface area (Å²) in [6.07, 6.45) is 2.51. The normalized spacial score (nSPS) is 28.5. The first-order chi connectivity index (χ1) is 8.15. The van der Waals surface area contributed by atoms with Crippen LogP contribution >= 0.6 is 0 Å². The van der Waals surface area contributed by atoms with E-state index in [1.54, 1.807) is 0 Å². The van der Waals surface area contributed by atoms with Gasteiger partial charge < -0.3 is 14.8 Å². The maximum absolute atomic E-state index is 12.2. The second-order valence-corrected chi connectivity index (χ2v) is 4.51. The van der Waals surface area contributed by atoms with Crippen LogP contribution in [0.1, 0.15) is 25.7 Å². The van der Waals surface area contributed by atoms with Crippen molar-refractivity contribution in [2.45, 2.75) is 37.8 Å². The molecule has 0 saturated carbocycles. The number of carbonyl (C=O) groups is 3. The minimum Gasteiger partial charge on any atom is -0.465 e. The first-order valence-corrected chi connectivity index (χ1v) is 5.90. The standard InChI is InChI=1S/C11H16N2O4/c14-7-8-3-1-5-12(8)10(15)9-4-2-6-13(9)11(16)17/h7-9H,1-6H2,(H,16,17)/t8-,9-/m0/s1. The summed E-state index contributed by atoms with van der Waals surface area (Å²) in [5.74, 6) is -0.209. The Morgan fingerprint density at radius 3 is 2.41 bits per heavy atom. The number of carbonyl (C=O) groups excluding carboxylic acids is 2. The van der Waals surface area contributed by atoms with Gasteiger partial charge in [-0.2, -0.15) is 0 Å². The fourth-order valence-corrected chi connectivity index (χ4v) is 2.65. The molecular formula is C11H16N2O4. The van der Waals surface area contributed by atoms with Gasteiger partial charge in [-0.15, -0.1) is 0 Å². The van der Waals surface area contributed by atoms with Crippen molar-refractivity contribution in [2.75, 3.05) is 13.1 Å². The molecule has 2 aliphatic heterocycles. The second-order valence-electron chi connectivity index (χ2n) is 4.51. The van der Waals surface area contributed by atoms with E-state index in [0.29, 0.717) is 32.4 Å². The van der Waals surface area contributed by atoms with E-state index in [9.17, 15) is 14.4 Å². The molecule has 94 valence electrons. The molecule has 2 atom stereocenters. The summed E-state index contributed by atoms with van der Waals surface area (Å²) in [6.45, 7) is 0.970. The zero-order chi connectivity index (χ0) is 12.4. The molecule has 0 unspecified atom stereocenters. The molecule has 0 bridgehead atoms. The Labute approximate surface area is 99.2 Å². The molecule has 6 heteroatoms. The van der Waals surface area contributed by atoms with Crippen LogP contribution in [0.5, 0.6) is 0 Å². The molecule has 2 saturated heterocycles. The van der Waals surface area contributed by atoms with Crippen LogP contribution in [0.4, 0.5) is 4.79 Å². The van der Waals surface area contributed by atoms with Gasteiger partial charge in [0.1, 0.15) is 12.3 Å². The third kappa shape index (κ3) is 2.11. The maximum Gasteiger partial charge on any atom is 0.407 e. The summed E-state index contributed by atoms with van der Waals surface area (Å²) in [7, 11) is 0. The number of rotatable bonds is 2. The maximum atomic E-state index is 12.2. The lowest BCUT2D eigenvalue weighted by Gasteiger charge is -2.28. The van der Waals surface area contributed by atoms with Crippen LogP contribution in [0, 0.1) is 0 Å². The number of amides is 2. The Balaban J connectivity index is 2.08. The largest absolute Gasteiger partial charge is 0.465 e. The van der Waals surface area contributed by atoms with Crippen LogP contribution in [-0.4, -0.2) is 58.4 Å². The third-order valence-electron chi connectivity index (χ3n) is 3.52. The average Bonchev–Trinajstić information content (AvgIpc) is 2.96. The first-order valence-electron chi connectivity index (χ1n) is 5.90.